The first-order chi connectivity index (χ1) is 8.78. The first-order valence-electron chi connectivity index (χ1n) is 5.89. The Bertz CT molecular complexity index is 496. The van der Waals surface area contributed by atoms with Crippen LogP contribution in [-0.4, -0.2) is 7.05 Å². The summed E-state index contributed by atoms with van der Waals surface area (Å²) in [4.78, 5) is 0. The van der Waals surface area contributed by atoms with Gasteiger partial charge >= 0.3 is 0 Å². The lowest BCUT2D eigenvalue weighted by Gasteiger charge is -2.07. The molecule has 0 aromatic heterocycles. The van der Waals surface area contributed by atoms with Gasteiger partial charge in [-0.25, -0.2) is 4.39 Å². The summed E-state index contributed by atoms with van der Waals surface area (Å²) in [5, 5.41) is 3.09. The minimum absolute atomic E-state index is 0.281. The van der Waals surface area contributed by atoms with E-state index < -0.39 is 0 Å². The molecule has 0 heterocycles. The second-order valence-electron chi connectivity index (χ2n) is 4.09. The van der Waals surface area contributed by atoms with Crippen LogP contribution in [0.2, 0.25) is 0 Å². The Balaban J connectivity index is 1.93. The van der Waals surface area contributed by atoms with Crippen molar-refractivity contribution in [1.82, 2.24) is 5.32 Å². The summed E-state index contributed by atoms with van der Waals surface area (Å²) in [6.45, 7) is 1.30. The van der Waals surface area contributed by atoms with Gasteiger partial charge in [0.15, 0.2) is 0 Å². The van der Waals surface area contributed by atoms with E-state index in [-0.39, 0.29) is 5.82 Å². The second-order valence-corrected chi connectivity index (χ2v) is 4.09. The fourth-order valence-corrected chi connectivity index (χ4v) is 1.68. The van der Waals surface area contributed by atoms with E-state index in [1.54, 1.807) is 12.1 Å². The van der Waals surface area contributed by atoms with Gasteiger partial charge in [0.1, 0.15) is 18.2 Å². The predicted octanol–water partition coefficient (Wildman–Crippen LogP) is 3.12. The minimum Gasteiger partial charge on any atom is -0.489 e. The SMILES string of the molecule is CNCc1ccc(COc2cccc(F)c2)cc1. The Hall–Kier alpha value is -1.87. The average molecular weight is 245 g/mol. The van der Waals surface area contributed by atoms with Crippen molar-refractivity contribution in [3.8, 4) is 5.75 Å². The van der Waals surface area contributed by atoms with Gasteiger partial charge in [0.2, 0.25) is 0 Å². The number of hydrogen-bond acceptors (Lipinski definition) is 2. The van der Waals surface area contributed by atoms with Gasteiger partial charge < -0.3 is 10.1 Å². The third-order valence-electron chi connectivity index (χ3n) is 2.61. The Morgan fingerprint density at radius 1 is 1.06 bits per heavy atom. The molecule has 2 aromatic rings. The first-order valence-corrected chi connectivity index (χ1v) is 5.89. The van der Waals surface area contributed by atoms with Gasteiger partial charge in [-0.3, -0.25) is 0 Å². The first kappa shape index (κ1) is 12.6. The summed E-state index contributed by atoms with van der Waals surface area (Å²) >= 11 is 0. The quantitative estimate of drug-likeness (QED) is 0.873. The smallest absolute Gasteiger partial charge is 0.126 e. The zero-order valence-electron chi connectivity index (χ0n) is 10.3. The molecule has 0 saturated carbocycles. The van der Waals surface area contributed by atoms with Crippen LogP contribution in [0.15, 0.2) is 48.5 Å². The number of nitrogens with one attached hydrogen (secondary N) is 1. The molecule has 0 aliphatic carbocycles. The van der Waals surface area contributed by atoms with Crippen LogP contribution in [0.1, 0.15) is 11.1 Å². The van der Waals surface area contributed by atoms with Crippen LogP contribution in [0.4, 0.5) is 4.39 Å². The van der Waals surface area contributed by atoms with Gasteiger partial charge in [-0.1, -0.05) is 30.3 Å². The van der Waals surface area contributed by atoms with Crippen LogP contribution < -0.4 is 10.1 Å². The number of halogens is 1. The fourth-order valence-electron chi connectivity index (χ4n) is 1.68. The lowest BCUT2D eigenvalue weighted by molar-refractivity contribution is 0.304. The normalized spacial score (nSPS) is 10.3. The van der Waals surface area contributed by atoms with Crippen molar-refractivity contribution in [2.24, 2.45) is 0 Å². The Kier molecular flexibility index (Phi) is 4.31. The Labute approximate surface area is 106 Å². The summed E-state index contributed by atoms with van der Waals surface area (Å²) in [5.41, 5.74) is 2.30. The topological polar surface area (TPSA) is 21.3 Å². The lowest BCUT2D eigenvalue weighted by Crippen LogP contribution is -2.05. The van der Waals surface area contributed by atoms with Crippen LogP contribution in [0.3, 0.4) is 0 Å². The van der Waals surface area contributed by atoms with E-state index in [1.807, 2.05) is 19.2 Å². The van der Waals surface area contributed by atoms with E-state index in [0.29, 0.717) is 12.4 Å². The summed E-state index contributed by atoms with van der Waals surface area (Å²) in [7, 11) is 1.92. The van der Waals surface area contributed by atoms with E-state index in [0.717, 1.165) is 12.1 Å². The van der Waals surface area contributed by atoms with E-state index in [1.165, 1.54) is 17.7 Å². The summed E-state index contributed by atoms with van der Waals surface area (Å²) in [6.07, 6.45) is 0. The number of ether oxygens (including phenoxy) is 1. The molecule has 0 aliphatic heterocycles. The predicted molar refractivity (Wildman–Crippen MR) is 69.9 cm³/mol. The molecule has 0 amide bonds. The molecule has 2 rings (SSSR count). The van der Waals surface area contributed by atoms with E-state index in [9.17, 15) is 4.39 Å². The molecule has 0 saturated heterocycles. The Morgan fingerprint density at radius 3 is 2.44 bits per heavy atom. The summed E-state index contributed by atoms with van der Waals surface area (Å²) in [6, 6.07) is 14.3. The highest BCUT2D eigenvalue weighted by atomic mass is 19.1. The zero-order valence-corrected chi connectivity index (χ0v) is 10.3. The zero-order chi connectivity index (χ0) is 12.8. The van der Waals surface area contributed by atoms with Gasteiger partial charge in [-0.15, -0.1) is 0 Å². The molecule has 3 heteroatoms. The van der Waals surface area contributed by atoms with E-state index >= 15 is 0 Å². The van der Waals surface area contributed by atoms with Crippen molar-refractivity contribution in [3.05, 3.63) is 65.5 Å². The van der Waals surface area contributed by atoms with Crippen molar-refractivity contribution in [1.29, 1.82) is 0 Å². The molecular weight excluding hydrogens is 229 g/mol. The Morgan fingerprint density at radius 2 is 1.78 bits per heavy atom. The molecule has 18 heavy (non-hydrogen) atoms. The molecule has 1 N–H and O–H groups in total. The van der Waals surface area contributed by atoms with Crippen molar-refractivity contribution in [2.75, 3.05) is 7.05 Å². The standard InChI is InChI=1S/C15H16FNO/c1-17-10-12-5-7-13(8-6-12)11-18-15-4-2-3-14(16)9-15/h2-9,17H,10-11H2,1H3. The molecular formula is C15H16FNO. The van der Waals surface area contributed by atoms with E-state index in [2.05, 4.69) is 17.4 Å². The van der Waals surface area contributed by atoms with Crippen LogP contribution in [0, 0.1) is 5.82 Å². The van der Waals surface area contributed by atoms with Gasteiger partial charge in [-0.05, 0) is 30.3 Å². The molecule has 0 bridgehead atoms. The second kappa shape index (κ2) is 6.17. The van der Waals surface area contributed by atoms with Gasteiger partial charge in [0, 0.05) is 12.6 Å². The lowest BCUT2D eigenvalue weighted by atomic mass is 10.1. The van der Waals surface area contributed by atoms with E-state index in [4.69, 9.17) is 4.74 Å². The maximum Gasteiger partial charge on any atom is 0.126 e. The highest BCUT2D eigenvalue weighted by molar-refractivity contribution is 5.25. The fraction of sp³-hybridized carbons (Fsp3) is 0.200. The van der Waals surface area contributed by atoms with Crippen molar-refractivity contribution >= 4 is 0 Å². The van der Waals surface area contributed by atoms with Crippen LogP contribution in [0.25, 0.3) is 0 Å². The van der Waals surface area contributed by atoms with Crippen LogP contribution in [-0.2, 0) is 13.2 Å². The van der Waals surface area contributed by atoms with Crippen LogP contribution >= 0.6 is 0 Å². The molecule has 0 unspecified atom stereocenters. The summed E-state index contributed by atoms with van der Waals surface area (Å²) in [5.74, 6) is 0.270. The largest absolute Gasteiger partial charge is 0.489 e. The molecule has 2 nitrogen and oxygen atoms in total. The summed E-state index contributed by atoms with van der Waals surface area (Å²) < 4.78 is 18.5. The van der Waals surface area contributed by atoms with Gasteiger partial charge in [0.25, 0.3) is 0 Å². The minimum atomic E-state index is -0.281. The maximum absolute atomic E-state index is 12.9. The monoisotopic (exact) mass is 245 g/mol. The van der Waals surface area contributed by atoms with Crippen molar-refractivity contribution < 1.29 is 9.13 Å². The molecule has 0 aliphatic rings. The number of rotatable bonds is 5. The third kappa shape index (κ3) is 3.57. The number of benzene rings is 2. The molecule has 0 radical (unpaired) electrons. The van der Waals surface area contributed by atoms with Gasteiger partial charge in [-0.2, -0.15) is 0 Å². The average Bonchev–Trinajstić information content (AvgIpc) is 2.38. The molecule has 0 spiro atoms. The van der Waals surface area contributed by atoms with Crippen molar-refractivity contribution in [2.45, 2.75) is 13.2 Å². The third-order valence-corrected chi connectivity index (χ3v) is 2.61. The molecule has 0 fully saturated rings. The molecule has 2 aromatic carbocycles. The van der Waals surface area contributed by atoms with Crippen LogP contribution in [0.5, 0.6) is 5.75 Å². The highest BCUT2D eigenvalue weighted by Crippen LogP contribution is 2.14. The number of hydrogen-bond donors (Lipinski definition) is 1. The van der Waals surface area contributed by atoms with Gasteiger partial charge in [0.05, 0.1) is 0 Å². The van der Waals surface area contributed by atoms with Crippen molar-refractivity contribution in [3.63, 3.8) is 0 Å². The highest BCUT2D eigenvalue weighted by Gasteiger charge is 1.98. The maximum atomic E-state index is 12.9. The molecule has 0 atom stereocenters. The molecule has 94 valence electrons.